The molecule has 1 aromatic carbocycles. The summed E-state index contributed by atoms with van der Waals surface area (Å²) in [6.07, 6.45) is 2.18. The number of phenols is 1. The van der Waals surface area contributed by atoms with Gasteiger partial charge in [-0.05, 0) is 63.5 Å². The Bertz CT molecular complexity index is 719. The fourth-order valence-electron chi connectivity index (χ4n) is 3.81. The normalized spacial score (nSPS) is 18.7. The van der Waals surface area contributed by atoms with E-state index in [1.54, 1.807) is 30.0 Å². The Hall–Kier alpha value is -1.89. The maximum absolute atomic E-state index is 12.9. The third kappa shape index (κ3) is 7.11. The molecule has 1 saturated heterocycles. The van der Waals surface area contributed by atoms with E-state index in [2.05, 4.69) is 12.2 Å². The van der Waals surface area contributed by atoms with Crippen LogP contribution in [0.15, 0.2) is 24.3 Å². The van der Waals surface area contributed by atoms with E-state index in [0.717, 1.165) is 24.2 Å². The van der Waals surface area contributed by atoms with Gasteiger partial charge in [0.1, 0.15) is 11.4 Å². The molecule has 1 aliphatic rings. The monoisotopic (exact) mass is 436 g/mol. The molecule has 1 aromatic rings. The van der Waals surface area contributed by atoms with Gasteiger partial charge >= 0.3 is 6.09 Å². The minimum absolute atomic E-state index is 0.00265. The number of hydrogen-bond donors (Lipinski definition) is 2. The predicted molar refractivity (Wildman–Crippen MR) is 122 cm³/mol. The van der Waals surface area contributed by atoms with E-state index in [1.165, 1.54) is 0 Å². The number of carbonyl (C=O) groups excluding carboxylic acids is 2. The number of amides is 2. The molecule has 0 spiro atoms. The summed E-state index contributed by atoms with van der Waals surface area (Å²) in [6.45, 7) is 10.8. The quantitative estimate of drug-likeness (QED) is 0.638. The molecule has 0 unspecified atom stereocenters. The first-order valence-corrected chi connectivity index (χ1v) is 11.8. The largest absolute Gasteiger partial charge is 0.508 e. The number of hydrogen-bond acceptors (Lipinski definition) is 5. The summed E-state index contributed by atoms with van der Waals surface area (Å²) in [5, 5.41) is 12.6. The number of phenolic OH excluding ortho intramolecular Hbond substituents is 1. The van der Waals surface area contributed by atoms with E-state index >= 15 is 0 Å². The molecule has 0 aliphatic carbocycles. The Labute approximate surface area is 184 Å². The van der Waals surface area contributed by atoms with Crippen LogP contribution in [0.3, 0.4) is 0 Å². The van der Waals surface area contributed by atoms with Gasteiger partial charge in [0.05, 0.1) is 0 Å². The minimum Gasteiger partial charge on any atom is -0.508 e. The Balaban J connectivity index is 1.99. The van der Waals surface area contributed by atoms with Gasteiger partial charge in [-0.1, -0.05) is 26.0 Å². The molecule has 168 valence electrons. The Kier molecular flexibility index (Phi) is 8.89. The van der Waals surface area contributed by atoms with Gasteiger partial charge in [0, 0.05) is 30.3 Å². The second-order valence-electron chi connectivity index (χ2n) is 8.80. The van der Waals surface area contributed by atoms with Crippen molar-refractivity contribution in [1.82, 2.24) is 10.2 Å². The zero-order valence-corrected chi connectivity index (χ0v) is 19.6. The van der Waals surface area contributed by atoms with Crippen molar-refractivity contribution in [2.24, 2.45) is 5.92 Å². The molecule has 2 amide bonds. The first-order chi connectivity index (χ1) is 14.1. The van der Waals surface area contributed by atoms with E-state index < -0.39 is 5.60 Å². The van der Waals surface area contributed by atoms with E-state index in [4.69, 9.17) is 4.74 Å². The summed E-state index contributed by atoms with van der Waals surface area (Å²) in [6, 6.07) is 7.07. The van der Waals surface area contributed by atoms with Gasteiger partial charge in [0.2, 0.25) is 5.91 Å². The van der Waals surface area contributed by atoms with Gasteiger partial charge in [-0.15, -0.1) is 0 Å². The first-order valence-electron chi connectivity index (χ1n) is 10.8. The second kappa shape index (κ2) is 10.9. The van der Waals surface area contributed by atoms with E-state index in [0.29, 0.717) is 19.5 Å². The lowest BCUT2D eigenvalue weighted by molar-refractivity contribution is -0.124. The smallest absolute Gasteiger partial charge is 0.410 e. The maximum atomic E-state index is 12.9. The average Bonchev–Trinajstić information content (AvgIpc) is 3.14. The molecule has 1 heterocycles. The number of thioether (sulfide) groups is 1. The fraction of sp³-hybridized carbons (Fsp3) is 0.652. The van der Waals surface area contributed by atoms with Crippen LogP contribution in [-0.4, -0.2) is 57.7 Å². The summed E-state index contributed by atoms with van der Waals surface area (Å²) >= 11 is 1.74. The van der Waals surface area contributed by atoms with Crippen LogP contribution in [0.5, 0.6) is 5.75 Å². The maximum Gasteiger partial charge on any atom is 0.410 e. The van der Waals surface area contributed by atoms with Crippen LogP contribution in [0.1, 0.15) is 53.0 Å². The van der Waals surface area contributed by atoms with E-state index in [1.807, 2.05) is 38.7 Å². The van der Waals surface area contributed by atoms with Crippen LogP contribution in [0.25, 0.3) is 0 Å². The summed E-state index contributed by atoms with van der Waals surface area (Å²) in [5.41, 5.74) is 0.446. The molecule has 30 heavy (non-hydrogen) atoms. The summed E-state index contributed by atoms with van der Waals surface area (Å²) in [5.74, 6) is 0.879. The molecule has 7 heteroatoms. The van der Waals surface area contributed by atoms with E-state index in [-0.39, 0.29) is 35.0 Å². The van der Waals surface area contributed by atoms with Crippen molar-refractivity contribution in [2.45, 2.75) is 70.8 Å². The van der Waals surface area contributed by atoms with Crippen molar-refractivity contribution in [3.8, 4) is 5.75 Å². The number of carbonyl (C=O) groups is 2. The summed E-state index contributed by atoms with van der Waals surface area (Å²) in [4.78, 5) is 27.4. The number of rotatable bonds is 8. The lowest BCUT2D eigenvalue weighted by Crippen LogP contribution is -2.49. The molecule has 0 radical (unpaired) electrons. The SMILES string of the molecule is CCS[C@H]([C@@H](C)C(=O)NCCc1cccc(O)c1)[C@@H]1CCCN1C(=O)OC(C)(C)C. The number of likely N-dealkylation sites (tertiary alicyclic amines) is 1. The van der Waals surface area contributed by atoms with Crippen molar-refractivity contribution in [3.63, 3.8) is 0 Å². The van der Waals surface area contributed by atoms with Crippen molar-refractivity contribution < 1.29 is 19.4 Å². The zero-order chi connectivity index (χ0) is 22.3. The lowest BCUT2D eigenvalue weighted by Gasteiger charge is -2.35. The van der Waals surface area contributed by atoms with Crippen molar-refractivity contribution in [2.75, 3.05) is 18.8 Å². The Morgan fingerprint density at radius 3 is 2.73 bits per heavy atom. The number of aromatic hydroxyl groups is 1. The van der Waals surface area contributed by atoms with Crippen molar-refractivity contribution in [1.29, 1.82) is 0 Å². The number of nitrogens with one attached hydrogen (secondary N) is 1. The van der Waals surface area contributed by atoms with Gasteiger partial charge in [0.25, 0.3) is 0 Å². The average molecular weight is 437 g/mol. The molecular weight excluding hydrogens is 400 g/mol. The summed E-state index contributed by atoms with van der Waals surface area (Å²) < 4.78 is 5.60. The molecule has 0 aromatic heterocycles. The molecule has 3 atom stereocenters. The molecule has 6 nitrogen and oxygen atoms in total. The van der Waals surface area contributed by atoms with Crippen LogP contribution < -0.4 is 5.32 Å². The lowest BCUT2D eigenvalue weighted by atomic mass is 9.98. The molecule has 2 N–H and O–H groups in total. The highest BCUT2D eigenvalue weighted by Gasteiger charge is 2.40. The molecule has 1 aliphatic heterocycles. The minimum atomic E-state index is -0.535. The van der Waals surface area contributed by atoms with Crippen LogP contribution >= 0.6 is 11.8 Å². The fourth-order valence-corrected chi connectivity index (χ4v) is 5.12. The Morgan fingerprint density at radius 2 is 2.10 bits per heavy atom. The van der Waals surface area contributed by atoms with Gasteiger partial charge in [0.15, 0.2) is 0 Å². The van der Waals surface area contributed by atoms with Gasteiger partial charge in [-0.3, -0.25) is 4.79 Å². The highest BCUT2D eigenvalue weighted by atomic mass is 32.2. The molecule has 2 rings (SSSR count). The van der Waals surface area contributed by atoms with Gasteiger partial charge in [-0.2, -0.15) is 11.8 Å². The number of nitrogens with zero attached hydrogens (tertiary/aromatic N) is 1. The highest BCUT2D eigenvalue weighted by molar-refractivity contribution is 7.99. The first kappa shape index (κ1) is 24.4. The van der Waals surface area contributed by atoms with E-state index in [9.17, 15) is 14.7 Å². The molecule has 0 saturated carbocycles. The van der Waals surface area contributed by atoms with Gasteiger partial charge in [-0.25, -0.2) is 4.79 Å². The second-order valence-corrected chi connectivity index (χ2v) is 10.3. The van der Waals surface area contributed by atoms with Crippen molar-refractivity contribution in [3.05, 3.63) is 29.8 Å². The van der Waals surface area contributed by atoms with Gasteiger partial charge < -0.3 is 20.1 Å². The third-order valence-electron chi connectivity index (χ3n) is 5.20. The molecule has 1 fully saturated rings. The van der Waals surface area contributed by atoms with Crippen LogP contribution in [0, 0.1) is 5.92 Å². The zero-order valence-electron chi connectivity index (χ0n) is 18.8. The predicted octanol–water partition coefficient (Wildman–Crippen LogP) is 4.21. The van der Waals surface area contributed by atoms with Crippen LogP contribution in [0.4, 0.5) is 4.79 Å². The Morgan fingerprint density at radius 1 is 1.37 bits per heavy atom. The molecule has 0 bridgehead atoms. The summed E-state index contributed by atoms with van der Waals surface area (Å²) in [7, 11) is 0. The van der Waals surface area contributed by atoms with Crippen molar-refractivity contribution >= 4 is 23.8 Å². The standard InChI is InChI=1S/C23H36N2O4S/c1-6-30-20(19-11-8-14-25(19)22(28)29-23(3,4)5)16(2)21(27)24-13-12-17-9-7-10-18(26)15-17/h7,9-10,15-16,19-20,26H,6,8,11-14H2,1-5H3,(H,24,27)/t16-,19+,20-/m1/s1. The number of benzene rings is 1. The number of ether oxygens (including phenoxy) is 1. The van der Waals surface area contributed by atoms with Crippen LogP contribution in [0.2, 0.25) is 0 Å². The topological polar surface area (TPSA) is 78.9 Å². The third-order valence-corrected chi connectivity index (χ3v) is 6.64. The highest BCUT2D eigenvalue weighted by Crippen LogP contribution is 2.33. The van der Waals surface area contributed by atoms with Crippen LogP contribution in [-0.2, 0) is 16.0 Å². The molecular formula is C23H36N2O4S.